The number of hydrogen-bond acceptors (Lipinski definition) is 4. The number of benzene rings is 1. The van der Waals surface area contributed by atoms with Crippen LogP contribution in [0.2, 0.25) is 0 Å². The average Bonchev–Trinajstić information content (AvgIpc) is 2.81. The lowest BCUT2D eigenvalue weighted by molar-refractivity contribution is 0.174. The van der Waals surface area contributed by atoms with Crippen LogP contribution in [0.25, 0.3) is 0 Å². The molecular formula is C13H15BrN2O2. The van der Waals surface area contributed by atoms with Gasteiger partial charge in [-0.3, -0.25) is 0 Å². The van der Waals surface area contributed by atoms with Crippen LogP contribution in [0.4, 0.5) is 0 Å². The highest BCUT2D eigenvalue weighted by Gasteiger charge is 2.18. The highest BCUT2D eigenvalue weighted by molar-refractivity contribution is 9.10. The third-order valence-corrected chi connectivity index (χ3v) is 3.12. The summed E-state index contributed by atoms with van der Waals surface area (Å²) in [5, 5.41) is 3.92. The van der Waals surface area contributed by atoms with Crippen LogP contribution < -0.4 is 4.74 Å². The molecule has 1 aromatic carbocycles. The van der Waals surface area contributed by atoms with Gasteiger partial charge in [0.25, 0.3) is 5.89 Å². The fourth-order valence-electron chi connectivity index (χ4n) is 1.43. The summed E-state index contributed by atoms with van der Waals surface area (Å²) in [6, 6.07) is 7.67. The summed E-state index contributed by atoms with van der Waals surface area (Å²) in [4.78, 5) is 4.32. The van der Waals surface area contributed by atoms with Gasteiger partial charge in [0.05, 0.1) is 4.47 Å². The smallest absolute Gasteiger partial charge is 0.267 e. The van der Waals surface area contributed by atoms with E-state index in [2.05, 4.69) is 26.1 Å². The molecule has 1 aromatic heterocycles. The number of halogens is 1. The predicted molar refractivity (Wildman–Crippen MR) is 71.6 cm³/mol. The SMILES string of the molecule is CC(C)c1noc([C@H](C)Oc2ccccc2Br)n1. The second-order valence-electron chi connectivity index (χ2n) is 4.34. The van der Waals surface area contributed by atoms with Crippen LogP contribution in [0, 0.1) is 0 Å². The lowest BCUT2D eigenvalue weighted by atomic mass is 10.2. The topological polar surface area (TPSA) is 48.2 Å². The van der Waals surface area contributed by atoms with Crippen LogP contribution in [0.15, 0.2) is 33.3 Å². The second-order valence-corrected chi connectivity index (χ2v) is 5.19. The van der Waals surface area contributed by atoms with Gasteiger partial charge in [-0.2, -0.15) is 4.98 Å². The van der Waals surface area contributed by atoms with E-state index < -0.39 is 0 Å². The zero-order chi connectivity index (χ0) is 13.1. The van der Waals surface area contributed by atoms with Crippen LogP contribution >= 0.6 is 15.9 Å². The number of aromatic nitrogens is 2. The Balaban J connectivity index is 2.12. The molecule has 1 heterocycles. The van der Waals surface area contributed by atoms with E-state index >= 15 is 0 Å². The van der Waals surface area contributed by atoms with E-state index in [9.17, 15) is 0 Å². The third kappa shape index (κ3) is 2.90. The molecule has 0 radical (unpaired) electrons. The zero-order valence-electron chi connectivity index (χ0n) is 10.6. The van der Waals surface area contributed by atoms with Gasteiger partial charge in [0.15, 0.2) is 11.9 Å². The van der Waals surface area contributed by atoms with E-state index in [0.717, 1.165) is 10.2 Å². The van der Waals surface area contributed by atoms with E-state index in [1.807, 2.05) is 45.0 Å². The summed E-state index contributed by atoms with van der Waals surface area (Å²) < 4.78 is 11.9. The fourth-order valence-corrected chi connectivity index (χ4v) is 1.81. The molecule has 0 saturated heterocycles. The Kier molecular flexibility index (Phi) is 4.01. The Bertz CT molecular complexity index is 525. The first-order valence-electron chi connectivity index (χ1n) is 5.82. The molecule has 0 aliphatic heterocycles. The minimum absolute atomic E-state index is 0.248. The van der Waals surface area contributed by atoms with E-state index in [4.69, 9.17) is 9.26 Å². The van der Waals surface area contributed by atoms with Gasteiger partial charge in [-0.1, -0.05) is 31.1 Å². The van der Waals surface area contributed by atoms with Gasteiger partial charge in [0.1, 0.15) is 5.75 Å². The van der Waals surface area contributed by atoms with Gasteiger partial charge < -0.3 is 9.26 Å². The van der Waals surface area contributed by atoms with Gasteiger partial charge in [-0.25, -0.2) is 0 Å². The van der Waals surface area contributed by atoms with E-state index in [1.165, 1.54) is 0 Å². The van der Waals surface area contributed by atoms with Crippen molar-refractivity contribution in [2.24, 2.45) is 0 Å². The summed E-state index contributed by atoms with van der Waals surface area (Å²) in [5.74, 6) is 2.20. The van der Waals surface area contributed by atoms with E-state index in [-0.39, 0.29) is 12.0 Å². The first kappa shape index (κ1) is 13.1. The maximum atomic E-state index is 5.78. The van der Waals surface area contributed by atoms with Crippen molar-refractivity contribution in [1.29, 1.82) is 0 Å². The summed E-state index contributed by atoms with van der Waals surface area (Å²) >= 11 is 3.43. The fraction of sp³-hybridized carbons (Fsp3) is 0.385. The summed E-state index contributed by atoms with van der Waals surface area (Å²) in [6.07, 6.45) is -0.274. The maximum absolute atomic E-state index is 5.78. The van der Waals surface area contributed by atoms with Gasteiger partial charge >= 0.3 is 0 Å². The first-order valence-corrected chi connectivity index (χ1v) is 6.62. The monoisotopic (exact) mass is 310 g/mol. The molecule has 4 nitrogen and oxygen atoms in total. The van der Waals surface area contributed by atoms with Gasteiger partial charge in [0.2, 0.25) is 0 Å². The molecule has 0 aliphatic carbocycles. The molecule has 0 fully saturated rings. The molecule has 0 bridgehead atoms. The van der Waals surface area contributed by atoms with Crippen LogP contribution in [-0.2, 0) is 0 Å². The quantitative estimate of drug-likeness (QED) is 0.853. The molecule has 1 atom stereocenters. The zero-order valence-corrected chi connectivity index (χ0v) is 12.1. The van der Waals surface area contributed by atoms with Crippen molar-refractivity contribution < 1.29 is 9.26 Å². The van der Waals surface area contributed by atoms with Crippen molar-refractivity contribution in [3.63, 3.8) is 0 Å². The number of ether oxygens (including phenoxy) is 1. The molecular weight excluding hydrogens is 296 g/mol. The number of hydrogen-bond donors (Lipinski definition) is 0. The standard InChI is InChI=1S/C13H15BrN2O2/c1-8(2)12-15-13(18-16-12)9(3)17-11-7-5-4-6-10(11)14/h4-9H,1-3H3/t9-/m0/s1. The largest absolute Gasteiger partial charge is 0.480 e. The van der Waals surface area contributed by atoms with Crippen LogP contribution in [0.3, 0.4) is 0 Å². The summed E-state index contributed by atoms with van der Waals surface area (Å²) in [5.41, 5.74) is 0. The molecule has 0 unspecified atom stereocenters. The van der Waals surface area contributed by atoms with Crippen molar-refractivity contribution in [1.82, 2.24) is 10.1 Å². The predicted octanol–water partition coefficient (Wildman–Crippen LogP) is 4.10. The third-order valence-electron chi connectivity index (χ3n) is 2.46. The highest BCUT2D eigenvalue weighted by Crippen LogP contribution is 2.28. The Morgan fingerprint density at radius 3 is 2.56 bits per heavy atom. The lowest BCUT2D eigenvalue weighted by Gasteiger charge is -2.11. The van der Waals surface area contributed by atoms with Gasteiger partial charge in [-0.05, 0) is 35.0 Å². The van der Waals surface area contributed by atoms with Crippen molar-refractivity contribution in [3.05, 3.63) is 40.5 Å². The Morgan fingerprint density at radius 2 is 1.94 bits per heavy atom. The van der Waals surface area contributed by atoms with E-state index in [0.29, 0.717) is 11.7 Å². The molecule has 5 heteroatoms. The normalized spacial score (nSPS) is 12.7. The molecule has 0 amide bonds. The molecule has 0 saturated carbocycles. The first-order chi connectivity index (χ1) is 8.58. The molecule has 0 N–H and O–H groups in total. The van der Waals surface area contributed by atoms with E-state index in [1.54, 1.807) is 0 Å². The van der Waals surface area contributed by atoms with Gasteiger partial charge in [0, 0.05) is 5.92 Å². The molecule has 2 aromatic rings. The minimum atomic E-state index is -0.274. The van der Waals surface area contributed by atoms with Crippen molar-refractivity contribution >= 4 is 15.9 Å². The van der Waals surface area contributed by atoms with Crippen LogP contribution in [0.1, 0.15) is 44.5 Å². The highest BCUT2D eigenvalue weighted by atomic mass is 79.9. The van der Waals surface area contributed by atoms with Crippen molar-refractivity contribution in [2.45, 2.75) is 32.8 Å². The maximum Gasteiger partial charge on any atom is 0.267 e. The minimum Gasteiger partial charge on any atom is -0.480 e. The van der Waals surface area contributed by atoms with Crippen LogP contribution in [0.5, 0.6) is 5.75 Å². The molecule has 18 heavy (non-hydrogen) atoms. The lowest BCUT2D eigenvalue weighted by Crippen LogP contribution is -2.04. The molecule has 0 spiro atoms. The Morgan fingerprint density at radius 1 is 1.22 bits per heavy atom. The second kappa shape index (κ2) is 5.52. The summed E-state index contributed by atoms with van der Waals surface area (Å²) in [6.45, 7) is 5.93. The Labute approximate surface area is 114 Å². The average molecular weight is 311 g/mol. The van der Waals surface area contributed by atoms with Gasteiger partial charge in [-0.15, -0.1) is 0 Å². The Hall–Kier alpha value is -1.36. The number of nitrogens with zero attached hydrogens (tertiary/aromatic N) is 2. The van der Waals surface area contributed by atoms with Crippen molar-refractivity contribution in [2.75, 3.05) is 0 Å². The molecule has 0 aliphatic rings. The molecule has 96 valence electrons. The molecule has 2 rings (SSSR count). The van der Waals surface area contributed by atoms with Crippen LogP contribution in [-0.4, -0.2) is 10.1 Å². The number of para-hydroxylation sites is 1. The number of rotatable bonds is 4. The summed E-state index contributed by atoms with van der Waals surface area (Å²) in [7, 11) is 0. The van der Waals surface area contributed by atoms with Crippen molar-refractivity contribution in [3.8, 4) is 5.75 Å².